The molecule has 1 aliphatic rings. The van der Waals surface area contributed by atoms with Gasteiger partial charge in [-0.2, -0.15) is 5.10 Å². The van der Waals surface area contributed by atoms with E-state index in [1.165, 1.54) is 0 Å². The van der Waals surface area contributed by atoms with E-state index in [4.69, 9.17) is 9.84 Å². The average molecular weight is 409 g/mol. The zero-order chi connectivity index (χ0) is 20.5. The van der Waals surface area contributed by atoms with Crippen molar-refractivity contribution in [3.63, 3.8) is 0 Å². The third-order valence-corrected chi connectivity index (χ3v) is 6.31. The molecule has 1 amide bonds. The molecule has 6 nitrogen and oxygen atoms in total. The van der Waals surface area contributed by atoms with Crippen LogP contribution >= 0.6 is 11.8 Å². The second kappa shape index (κ2) is 7.83. The molecule has 7 heteroatoms. The lowest BCUT2D eigenvalue weighted by Crippen LogP contribution is -2.15. The van der Waals surface area contributed by atoms with Crippen molar-refractivity contribution in [3.8, 4) is 11.4 Å². The summed E-state index contributed by atoms with van der Waals surface area (Å²) < 4.78 is 7.07. The predicted molar refractivity (Wildman–Crippen MR) is 119 cm³/mol. The lowest BCUT2D eigenvalue weighted by Gasteiger charge is -2.18. The van der Waals surface area contributed by atoms with Gasteiger partial charge in [-0.15, -0.1) is 11.8 Å². The number of amides is 1. The summed E-state index contributed by atoms with van der Waals surface area (Å²) in [5.74, 6) is 1.90. The Morgan fingerprint density at radius 3 is 2.45 bits per heavy atom. The average Bonchev–Trinajstić information content (AvgIpc) is 2.93. The molecule has 0 radical (unpaired) electrons. The fourth-order valence-corrected chi connectivity index (χ4v) is 4.69. The first kappa shape index (κ1) is 19.4. The zero-order valence-corrected chi connectivity index (χ0v) is 17.8. The number of aryl methyl sites for hydroxylation is 1. The molecule has 1 aromatic heterocycles. The predicted octanol–water partition coefficient (Wildman–Crippen LogP) is 4.03. The summed E-state index contributed by atoms with van der Waals surface area (Å²) >= 11 is 1.63. The van der Waals surface area contributed by atoms with Crippen LogP contribution in [0.15, 0.2) is 48.5 Å². The number of carbonyl (C=O) groups is 1. The molecule has 0 spiro atoms. The molecule has 2 aromatic carbocycles. The molecule has 29 heavy (non-hydrogen) atoms. The summed E-state index contributed by atoms with van der Waals surface area (Å²) in [4.78, 5) is 14.5. The second-order valence-electron chi connectivity index (χ2n) is 7.18. The van der Waals surface area contributed by atoms with Gasteiger partial charge in [0.05, 0.1) is 29.5 Å². The molecule has 0 aliphatic carbocycles. The van der Waals surface area contributed by atoms with Gasteiger partial charge in [0, 0.05) is 25.3 Å². The SMILES string of the molecule is COc1ccc(-n2nc(C)c3c2NC(=O)CSC3c2ccc(N(C)C)cc2)cc1. The van der Waals surface area contributed by atoms with Crippen LogP contribution in [0.1, 0.15) is 22.1 Å². The third-order valence-electron chi connectivity index (χ3n) is 5.04. The van der Waals surface area contributed by atoms with Crippen LogP contribution in [-0.2, 0) is 4.79 Å². The van der Waals surface area contributed by atoms with Crippen LogP contribution in [0.4, 0.5) is 11.5 Å². The number of thioether (sulfide) groups is 1. The van der Waals surface area contributed by atoms with Gasteiger partial charge < -0.3 is 15.0 Å². The molecule has 1 unspecified atom stereocenters. The van der Waals surface area contributed by atoms with E-state index in [0.717, 1.165) is 39.8 Å². The van der Waals surface area contributed by atoms with Crippen LogP contribution < -0.4 is 15.0 Å². The van der Waals surface area contributed by atoms with Crippen LogP contribution in [0.5, 0.6) is 5.75 Å². The fraction of sp³-hybridized carbons (Fsp3) is 0.273. The molecule has 2 heterocycles. The van der Waals surface area contributed by atoms with Gasteiger partial charge in [0.1, 0.15) is 11.6 Å². The number of aromatic nitrogens is 2. The smallest absolute Gasteiger partial charge is 0.235 e. The molecular weight excluding hydrogens is 384 g/mol. The maximum absolute atomic E-state index is 12.5. The fourth-order valence-electron chi connectivity index (χ4n) is 3.50. The Labute approximate surface area is 174 Å². The third kappa shape index (κ3) is 3.70. The largest absolute Gasteiger partial charge is 0.497 e. The van der Waals surface area contributed by atoms with E-state index in [1.807, 2.05) is 50.0 Å². The lowest BCUT2D eigenvalue weighted by molar-refractivity contribution is -0.113. The van der Waals surface area contributed by atoms with Crippen LogP contribution in [0.3, 0.4) is 0 Å². The van der Waals surface area contributed by atoms with Crippen LogP contribution in [0.25, 0.3) is 5.69 Å². The van der Waals surface area contributed by atoms with Crippen molar-refractivity contribution in [1.29, 1.82) is 0 Å². The van der Waals surface area contributed by atoms with E-state index in [9.17, 15) is 4.79 Å². The monoisotopic (exact) mass is 408 g/mol. The number of hydrogen-bond donors (Lipinski definition) is 1. The first-order valence-electron chi connectivity index (χ1n) is 9.40. The molecule has 0 saturated carbocycles. The highest BCUT2D eigenvalue weighted by Gasteiger charge is 2.30. The first-order chi connectivity index (χ1) is 14.0. The number of anilines is 2. The van der Waals surface area contributed by atoms with Gasteiger partial charge >= 0.3 is 0 Å². The maximum atomic E-state index is 12.5. The minimum Gasteiger partial charge on any atom is -0.497 e. The van der Waals surface area contributed by atoms with Crippen molar-refractivity contribution >= 4 is 29.2 Å². The van der Waals surface area contributed by atoms with Crippen molar-refractivity contribution in [2.45, 2.75) is 12.2 Å². The van der Waals surface area contributed by atoms with E-state index in [0.29, 0.717) is 5.75 Å². The minimum atomic E-state index is -0.0154. The van der Waals surface area contributed by atoms with E-state index in [1.54, 1.807) is 18.9 Å². The molecule has 150 valence electrons. The minimum absolute atomic E-state index is 0.0154. The van der Waals surface area contributed by atoms with E-state index in [-0.39, 0.29) is 11.2 Å². The standard InChI is InChI=1S/C22H24N4O2S/c1-14-20-21(15-5-7-16(8-6-15)25(2)3)29-13-19(27)23-22(20)26(24-14)17-9-11-18(28-4)12-10-17/h5-12,21H,13H2,1-4H3,(H,23,27). The van der Waals surface area contributed by atoms with Crippen molar-refractivity contribution in [2.24, 2.45) is 0 Å². The summed E-state index contributed by atoms with van der Waals surface area (Å²) in [6, 6.07) is 16.2. The summed E-state index contributed by atoms with van der Waals surface area (Å²) in [6.45, 7) is 2.00. The Balaban J connectivity index is 1.80. The van der Waals surface area contributed by atoms with Crippen LogP contribution in [0.2, 0.25) is 0 Å². The molecule has 4 rings (SSSR count). The maximum Gasteiger partial charge on any atom is 0.235 e. The zero-order valence-electron chi connectivity index (χ0n) is 17.0. The van der Waals surface area contributed by atoms with Crippen molar-refractivity contribution < 1.29 is 9.53 Å². The lowest BCUT2D eigenvalue weighted by atomic mass is 10.0. The number of nitrogens with one attached hydrogen (secondary N) is 1. The molecule has 0 saturated heterocycles. The van der Waals surface area contributed by atoms with Crippen molar-refractivity contribution in [3.05, 3.63) is 65.4 Å². The molecule has 1 atom stereocenters. The molecule has 3 aromatic rings. The number of methoxy groups -OCH3 is 1. The van der Waals surface area contributed by atoms with Crippen LogP contribution in [-0.4, -0.2) is 42.6 Å². The number of ether oxygens (including phenoxy) is 1. The van der Waals surface area contributed by atoms with Gasteiger partial charge in [-0.3, -0.25) is 4.79 Å². The van der Waals surface area contributed by atoms with E-state index >= 15 is 0 Å². The van der Waals surface area contributed by atoms with Gasteiger partial charge in [-0.05, 0) is 48.9 Å². The molecular formula is C22H24N4O2S. The number of benzene rings is 2. The summed E-state index contributed by atoms with van der Waals surface area (Å²) in [6.07, 6.45) is 0. The highest BCUT2D eigenvalue weighted by molar-refractivity contribution is 8.00. The number of nitrogens with zero attached hydrogens (tertiary/aromatic N) is 3. The highest BCUT2D eigenvalue weighted by atomic mass is 32.2. The summed E-state index contributed by atoms with van der Waals surface area (Å²) in [5, 5.41) is 7.86. The summed E-state index contributed by atoms with van der Waals surface area (Å²) in [5.41, 5.74) is 5.15. The van der Waals surface area contributed by atoms with Gasteiger partial charge in [0.2, 0.25) is 5.91 Å². The highest BCUT2D eigenvalue weighted by Crippen LogP contribution is 2.44. The number of rotatable bonds is 4. The van der Waals surface area contributed by atoms with Gasteiger partial charge in [-0.25, -0.2) is 4.68 Å². The number of hydrogen-bond acceptors (Lipinski definition) is 5. The molecule has 1 N–H and O–H groups in total. The molecule has 0 bridgehead atoms. The number of fused-ring (bicyclic) bond motifs is 1. The van der Waals surface area contributed by atoms with Gasteiger partial charge in [0.25, 0.3) is 0 Å². The van der Waals surface area contributed by atoms with Gasteiger partial charge in [-0.1, -0.05) is 12.1 Å². The van der Waals surface area contributed by atoms with Crippen LogP contribution in [0, 0.1) is 6.92 Å². The molecule has 0 fully saturated rings. The second-order valence-corrected chi connectivity index (χ2v) is 8.28. The Bertz CT molecular complexity index is 1030. The Hall–Kier alpha value is -2.93. The normalized spacial score (nSPS) is 16.0. The Kier molecular flexibility index (Phi) is 5.24. The van der Waals surface area contributed by atoms with Gasteiger partial charge in [0.15, 0.2) is 0 Å². The van der Waals surface area contributed by atoms with E-state index < -0.39 is 0 Å². The Morgan fingerprint density at radius 2 is 1.83 bits per heavy atom. The topological polar surface area (TPSA) is 59.4 Å². The quantitative estimate of drug-likeness (QED) is 0.706. The number of carbonyl (C=O) groups excluding carboxylic acids is 1. The molecule has 1 aliphatic heterocycles. The first-order valence-corrected chi connectivity index (χ1v) is 10.5. The summed E-state index contributed by atoms with van der Waals surface area (Å²) in [7, 11) is 5.70. The van der Waals surface area contributed by atoms with E-state index in [2.05, 4.69) is 34.5 Å². The van der Waals surface area contributed by atoms with Crippen molar-refractivity contribution in [1.82, 2.24) is 9.78 Å². The Morgan fingerprint density at radius 1 is 1.14 bits per heavy atom. The van der Waals surface area contributed by atoms with Crippen molar-refractivity contribution in [2.75, 3.05) is 37.2 Å².